The van der Waals surface area contributed by atoms with E-state index in [-0.39, 0.29) is 18.0 Å². The fourth-order valence-electron chi connectivity index (χ4n) is 2.96. The first-order valence-electron chi connectivity index (χ1n) is 8.10. The van der Waals surface area contributed by atoms with Crippen LogP contribution in [0.4, 0.5) is 5.13 Å². The average Bonchev–Trinajstić information content (AvgIpc) is 3.19. The summed E-state index contributed by atoms with van der Waals surface area (Å²) in [7, 11) is 0. The molecule has 0 saturated heterocycles. The van der Waals surface area contributed by atoms with Gasteiger partial charge in [-0.3, -0.25) is 9.59 Å². The monoisotopic (exact) mass is 364 g/mol. The summed E-state index contributed by atoms with van der Waals surface area (Å²) in [5, 5.41) is 6.30. The predicted molar refractivity (Wildman–Crippen MR) is 103 cm³/mol. The van der Waals surface area contributed by atoms with E-state index in [2.05, 4.69) is 15.3 Å². The smallest absolute Gasteiger partial charge is 0.250 e. The van der Waals surface area contributed by atoms with E-state index >= 15 is 0 Å². The van der Waals surface area contributed by atoms with Gasteiger partial charge in [0.25, 0.3) is 5.56 Å². The first-order chi connectivity index (χ1) is 12.6. The Morgan fingerprint density at radius 3 is 2.88 bits per heavy atom. The minimum atomic E-state index is -0.283. The van der Waals surface area contributed by atoms with Crippen molar-refractivity contribution in [3.05, 3.63) is 70.1 Å². The number of aromatic amines is 1. The van der Waals surface area contributed by atoms with Gasteiger partial charge in [0.05, 0.1) is 5.69 Å². The standard InChI is InChI=1S/C19H16N4O2S/c1-12-18(13-6-2-3-7-14(13)20-12)15-11-26-19(21-15)22-16(24)10-23-9-5-4-8-17(23)25/h2-9,11,20H,10H2,1H3,(H,21,22,24). The largest absolute Gasteiger partial charge is 0.358 e. The number of hydrogen-bond donors (Lipinski definition) is 2. The van der Waals surface area contributed by atoms with Gasteiger partial charge in [0.15, 0.2) is 5.13 Å². The fraction of sp³-hybridized carbons (Fsp3) is 0.105. The summed E-state index contributed by atoms with van der Waals surface area (Å²) in [6, 6.07) is 12.8. The van der Waals surface area contributed by atoms with Gasteiger partial charge < -0.3 is 14.9 Å². The van der Waals surface area contributed by atoms with Crippen LogP contribution in [0.5, 0.6) is 0 Å². The third kappa shape index (κ3) is 3.04. The molecule has 0 saturated carbocycles. The lowest BCUT2D eigenvalue weighted by atomic mass is 10.1. The maximum absolute atomic E-state index is 12.2. The van der Waals surface area contributed by atoms with Gasteiger partial charge in [-0.2, -0.15) is 0 Å². The molecule has 3 heterocycles. The summed E-state index contributed by atoms with van der Waals surface area (Å²) >= 11 is 1.36. The van der Waals surface area contributed by atoms with Crippen LogP contribution >= 0.6 is 11.3 Å². The van der Waals surface area contributed by atoms with Gasteiger partial charge in [0.1, 0.15) is 6.54 Å². The fourth-order valence-corrected chi connectivity index (χ4v) is 3.68. The van der Waals surface area contributed by atoms with Crippen LogP contribution in [0.2, 0.25) is 0 Å². The molecule has 7 heteroatoms. The highest BCUT2D eigenvalue weighted by Gasteiger charge is 2.14. The number of anilines is 1. The lowest BCUT2D eigenvalue weighted by Crippen LogP contribution is -2.26. The molecular weight excluding hydrogens is 348 g/mol. The molecule has 0 aliphatic heterocycles. The van der Waals surface area contributed by atoms with Gasteiger partial charge in [0.2, 0.25) is 5.91 Å². The second kappa shape index (κ2) is 6.61. The molecule has 0 bridgehead atoms. The minimum absolute atomic E-state index is 0.0410. The zero-order valence-electron chi connectivity index (χ0n) is 14.0. The van der Waals surface area contributed by atoms with Gasteiger partial charge in [-0.05, 0) is 19.1 Å². The van der Waals surface area contributed by atoms with Gasteiger partial charge in [-0.25, -0.2) is 4.98 Å². The number of nitrogens with one attached hydrogen (secondary N) is 2. The predicted octanol–water partition coefficient (Wildman–Crippen LogP) is 3.40. The van der Waals surface area contributed by atoms with Crippen molar-refractivity contribution >= 4 is 33.3 Å². The van der Waals surface area contributed by atoms with Crippen LogP contribution in [-0.4, -0.2) is 20.4 Å². The van der Waals surface area contributed by atoms with Crippen molar-refractivity contribution in [2.24, 2.45) is 0 Å². The molecule has 26 heavy (non-hydrogen) atoms. The van der Waals surface area contributed by atoms with Crippen LogP contribution in [0, 0.1) is 6.92 Å². The van der Waals surface area contributed by atoms with Crippen molar-refractivity contribution in [1.82, 2.24) is 14.5 Å². The lowest BCUT2D eigenvalue weighted by molar-refractivity contribution is -0.116. The molecular formula is C19H16N4O2S. The zero-order chi connectivity index (χ0) is 18.1. The quantitative estimate of drug-likeness (QED) is 0.582. The summed E-state index contributed by atoms with van der Waals surface area (Å²) in [6.07, 6.45) is 1.59. The Labute approximate surface area is 153 Å². The highest BCUT2D eigenvalue weighted by molar-refractivity contribution is 7.14. The zero-order valence-corrected chi connectivity index (χ0v) is 14.8. The van der Waals surface area contributed by atoms with Crippen molar-refractivity contribution in [3.63, 3.8) is 0 Å². The highest BCUT2D eigenvalue weighted by atomic mass is 32.1. The summed E-state index contributed by atoms with van der Waals surface area (Å²) in [5.74, 6) is -0.283. The Morgan fingerprint density at radius 2 is 2.04 bits per heavy atom. The number of benzene rings is 1. The number of thiazole rings is 1. The van der Waals surface area contributed by atoms with E-state index in [1.165, 1.54) is 22.0 Å². The number of carbonyl (C=O) groups excluding carboxylic acids is 1. The average molecular weight is 364 g/mol. The van der Waals surface area contributed by atoms with Crippen LogP contribution in [-0.2, 0) is 11.3 Å². The van der Waals surface area contributed by atoms with Crippen LogP contribution < -0.4 is 10.9 Å². The summed E-state index contributed by atoms with van der Waals surface area (Å²) in [6.45, 7) is 1.97. The molecule has 130 valence electrons. The number of hydrogen-bond acceptors (Lipinski definition) is 4. The molecule has 4 aromatic rings. The minimum Gasteiger partial charge on any atom is -0.358 e. The number of aromatic nitrogens is 3. The maximum atomic E-state index is 12.2. The molecule has 3 aromatic heterocycles. The number of fused-ring (bicyclic) bond motifs is 1. The van der Waals surface area contributed by atoms with E-state index in [4.69, 9.17) is 0 Å². The van der Waals surface area contributed by atoms with Crippen molar-refractivity contribution in [1.29, 1.82) is 0 Å². The van der Waals surface area contributed by atoms with Crippen molar-refractivity contribution < 1.29 is 4.79 Å². The van der Waals surface area contributed by atoms with Crippen molar-refractivity contribution in [3.8, 4) is 11.3 Å². The molecule has 0 fully saturated rings. The summed E-state index contributed by atoms with van der Waals surface area (Å²) in [4.78, 5) is 31.8. The number of aryl methyl sites for hydroxylation is 1. The Morgan fingerprint density at radius 1 is 1.23 bits per heavy atom. The molecule has 1 amide bonds. The van der Waals surface area contributed by atoms with Gasteiger partial charge in [0, 0.05) is 39.8 Å². The second-order valence-corrected chi connectivity index (χ2v) is 6.78. The number of amides is 1. The number of H-pyrrole nitrogens is 1. The van der Waals surface area contributed by atoms with E-state index in [0.29, 0.717) is 5.13 Å². The summed E-state index contributed by atoms with van der Waals surface area (Å²) < 4.78 is 1.35. The number of para-hydroxylation sites is 1. The molecule has 0 unspecified atom stereocenters. The number of carbonyl (C=O) groups is 1. The van der Waals surface area contributed by atoms with Crippen LogP contribution in [0.1, 0.15) is 5.69 Å². The molecule has 2 N–H and O–H groups in total. The number of pyridine rings is 1. The van der Waals surface area contributed by atoms with E-state index in [1.54, 1.807) is 18.3 Å². The Bertz CT molecular complexity index is 1160. The van der Waals surface area contributed by atoms with E-state index in [0.717, 1.165) is 27.9 Å². The molecule has 0 aliphatic rings. The third-order valence-corrected chi connectivity index (χ3v) is 4.87. The normalized spacial score (nSPS) is 11.0. The third-order valence-electron chi connectivity index (χ3n) is 4.11. The molecule has 1 aromatic carbocycles. The van der Waals surface area contributed by atoms with Crippen LogP contribution in [0.25, 0.3) is 22.2 Å². The molecule has 0 radical (unpaired) electrons. The number of rotatable bonds is 4. The second-order valence-electron chi connectivity index (χ2n) is 5.92. The number of nitrogens with zero attached hydrogens (tertiary/aromatic N) is 2. The molecule has 0 spiro atoms. The Hall–Kier alpha value is -3.19. The molecule has 0 atom stereocenters. The van der Waals surface area contributed by atoms with E-state index < -0.39 is 0 Å². The first kappa shape index (κ1) is 16.3. The van der Waals surface area contributed by atoms with Crippen LogP contribution in [0.3, 0.4) is 0 Å². The highest BCUT2D eigenvalue weighted by Crippen LogP contribution is 2.33. The molecule has 4 rings (SSSR count). The lowest BCUT2D eigenvalue weighted by Gasteiger charge is -2.04. The maximum Gasteiger partial charge on any atom is 0.250 e. The Balaban J connectivity index is 1.56. The van der Waals surface area contributed by atoms with Gasteiger partial charge >= 0.3 is 0 Å². The SMILES string of the molecule is Cc1[nH]c2ccccc2c1-c1csc(NC(=O)Cn2ccccc2=O)n1. The molecule has 0 aliphatic carbocycles. The summed E-state index contributed by atoms with van der Waals surface area (Å²) in [5.41, 5.74) is 3.73. The van der Waals surface area contributed by atoms with Gasteiger partial charge in [-0.1, -0.05) is 24.3 Å². The van der Waals surface area contributed by atoms with E-state index in [1.807, 2.05) is 36.6 Å². The van der Waals surface area contributed by atoms with Gasteiger partial charge in [-0.15, -0.1) is 11.3 Å². The topological polar surface area (TPSA) is 79.8 Å². The van der Waals surface area contributed by atoms with Crippen LogP contribution in [0.15, 0.2) is 58.8 Å². The Kier molecular flexibility index (Phi) is 4.14. The molecule has 6 nitrogen and oxygen atoms in total. The van der Waals surface area contributed by atoms with Crippen molar-refractivity contribution in [2.75, 3.05) is 5.32 Å². The van der Waals surface area contributed by atoms with E-state index in [9.17, 15) is 9.59 Å². The van der Waals surface area contributed by atoms with Crippen molar-refractivity contribution in [2.45, 2.75) is 13.5 Å². The first-order valence-corrected chi connectivity index (χ1v) is 8.98.